The van der Waals surface area contributed by atoms with Gasteiger partial charge in [-0.2, -0.15) is 0 Å². The normalized spacial score (nSPS) is 12.6. The van der Waals surface area contributed by atoms with Gasteiger partial charge in [-0.3, -0.25) is 9.59 Å². The van der Waals surface area contributed by atoms with Gasteiger partial charge in [-0.1, -0.05) is 385 Å². The zero-order valence-electron chi connectivity index (χ0n) is 58.6. The summed E-state index contributed by atoms with van der Waals surface area (Å²) in [5.74, 6) is -0.0124. The monoisotopic (exact) mass is 1210 g/mol. The predicted octanol–water partition coefficient (Wildman–Crippen LogP) is 26.0. The molecular weight excluding hydrogens is 1050 g/mol. The highest BCUT2D eigenvalue weighted by molar-refractivity contribution is 5.76. The number of carbonyl (C=O) groups excluding carboxylic acids is 2. The number of allylic oxidation sites excluding steroid dienone is 4. The number of nitrogens with one attached hydrogen (secondary N) is 1. The fourth-order valence-corrected chi connectivity index (χ4v) is 12.7. The van der Waals surface area contributed by atoms with E-state index in [1.807, 2.05) is 0 Å². The number of carbonyl (C=O) groups is 2. The van der Waals surface area contributed by atoms with Gasteiger partial charge >= 0.3 is 5.97 Å². The Hall–Kier alpha value is -1.66. The summed E-state index contributed by atoms with van der Waals surface area (Å²) in [5.41, 5.74) is 0. The first kappa shape index (κ1) is 84.3. The number of unbranched alkanes of at least 4 members (excludes halogenated alkanes) is 60. The largest absolute Gasteiger partial charge is 0.466 e. The third kappa shape index (κ3) is 71.4. The molecule has 6 nitrogen and oxygen atoms in total. The average molecular weight is 1210 g/mol. The van der Waals surface area contributed by atoms with Crippen LogP contribution in [-0.2, 0) is 14.3 Å². The smallest absolute Gasteiger partial charge is 0.305 e. The van der Waals surface area contributed by atoms with Gasteiger partial charge in [0.2, 0.25) is 5.91 Å². The van der Waals surface area contributed by atoms with Gasteiger partial charge in [-0.25, -0.2) is 0 Å². The predicted molar refractivity (Wildman–Crippen MR) is 380 cm³/mol. The molecule has 0 heterocycles. The van der Waals surface area contributed by atoms with Crippen molar-refractivity contribution >= 4 is 11.9 Å². The zero-order chi connectivity index (χ0) is 62.0. The minimum atomic E-state index is -0.661. The summed E-state index contributed by atoms with van der Waals surface area (Å²) < 4.78 is 5.50. The van der Waals surface area contributed by atoms with E-state index < -0.39 is 12.1 Å². The number of hydrogen-bond donors (Lipinski definition) is 3. The van der Waals surface area contributed by atoms with Gasteiger partial charge in [0, 0.05) is 12.8 Å². The number of hydrogen-bond acceptors (Lipinski definition) is 5. The van der Waals surface area contributed by atoms with Crippen molar-refractivity contribution in [1.82, 2.24) is 5.32 Å². The van der Waals surface area contributed by atoms with Gasteiger partial charge in [-0.15, -0.1) is 0 Å². The molecule has 2 atom stereocenters. The van der Waals surface area contributed by atoms with Crippen molar-refractivity contribution in [3.63, 3.8) is 0 Å². The van der Waals surface area contributed by atoms with E-state index in [2.05, 4.69) is 43.5 Å². The van der Waals surface area contributed by atoms with Crippen LogP contribution < -0.4 is 5.32 Å². The maximum absolute atomic E-state index is 12.5. The van der Waals surface area contributed by atoms with Crippen LogP contribution >= 0.6 is 0 Å². The molecule has 2 unspecified atom stereocenters. The topological polar surface area (TPSA) is 95.9 Å². The highest BCUT2D eigenvalue weighted by atomic mass is 16.5. The van der Waals surface area contributed by atoms with E-state index in [4.69, 9.17) is 4.74 Å². The third-order valence-electron chi connectivity index (χ3n) is 18.7. The number of aliphatic hydroxyl groups excluding tert-OH is 2. The van der Waals surface area contributed by atoms with Crippen LogP contribution in [0.5, 0.6) is 0 Å². The first-order valence-corrected chi connectivity index (χ1v) is 39.6. The standard InChI is InChI=1S/C80H155NO5/c1-3-5-7-9-11-13-15-17-19-41-45-48-52-56-60-64-68-72-78(83)77(76-82)81-79(84)73-69-65-61-57-53-49-46-42-39-37-35-33-31-29-27-25-23-21-20-22-24-26-28-30-32-34-36-38-40-43-47-51-55-59-63-67-71-75-86-80(85)74-70-66-62-58-54-50-44-18-16-14-12-10-8-6-4-2/h18,20,22,44,77-78,82-83H,3-17,19,21,23-43,45-76H2,1-2H3,(H,81,84)/b22-20-,44-18-. The van der Waals surface area contributed by atoms with Crippen molar-refractivity contribution in [3.8, 4) is 0 Å². The summed E-state index contributed by atoms with van der Waals surface area (Å²) >= 11 is 0. The van der Waals surface area contributed by atoms with Crippen LogP contribution in [0.3, 0.4) is 0 Å². The lowest BCUT2D eigenvalue weighted by Gasteiger charge is -2.22. The second kappa shape index (κ2) is 75.8. The fourth-order valence-electron chi connectivity index (χ4n) is 12.7. The second-order valence-electron chi connectivity index (χ2n) is 27.4. The number of aliphatic hydroxyl groups is 2. The van der Waals surface area contributed by atoms with Gasteiger partial charge < -0.3 is 20.3 Å². The van der Waals surface area contributed by atoms with Crippen LogP contribution in [0.15, 0.2) is 24.3 Å². The Morgan fingerprint density at radius 1 is 0.314 bits per heavy atom. The van der Waals surface area contributed by atoms with Gasteiger partial charge in [0.15, 0.2) is 0 Å². The number of ether oxygens (including phenoxy) is 1. The molecule has 0 saturated carbocycles. The average Bonchev–Trinajstić information content (AvgIpc) is 3.59. The Labute approximate surface area is 539 Å². The van der Waals surface area contributed by atoms with Crippen molar-refractivity contribution in [3.05, 3.63) is 24.3 Å². The summed E-state index contributed by atoms with van der Waals surface area (Å²) in [5, 5.41) is 23.4. The molecule has 0 aromatic carbocycles. The quantitative estimate of drug-likeness (QED) is 0.0320. The first-order valence-electron chi connectivity index (χ1n) is 39.6. The molecule has 6 heteroatoms. The number of esters is 1. The minimum absolute atomic E-state index is 0.0144. The lowest BCUT2D eigenvalue weighted by atomic mass is 10.0. The molecule has 86 heavy (non-hydrogen) atoms. The van der Waals surface area contributed by atoms with Crippen LogP contribution in [0.4, 0.5) is 0 Å². The van der Waals surface area contributed by atoms with E-state index in [-0.39, 0.29) is 18.5 Å². The van der Waals surface area contributed by atoms with Crippen LogP contribution in [0.25, 0.3) is 0 Å². The van der Waals surface area contributed by atoms with Crippen molar-refractivity contribution in [2.75, 3.05) is 13.2 Å². The Morgan fingerprint density at radius 3 is 0.826 bits per heavy atom. The summed E-state index contributed by atoms with van der Waals surface area (Å²) in [4.78, 5) is 24.6. The molecule has 0 aromatic rings. The van der Waals surface area contributed by atoms with Gasteiger partial charge in [0.25, 0.3) is 0 Å². The van der Waals surface area contributed by atoms with Crippen LogP contribution in [0, 0.1) is 0 Å². The molecule has 510 valence electrons. The maximum Gasteiger partial charge on any atom is 0.305 e. The molecule has 0 radical (unpaired) electrons. The lowest BCUT2D eigenvalue weighted by molar-refractivity contribution is -0.143. The molecule has 0 bridgehead atoms. The molecule has 0 saturated heterocycles. The van der Waals surface area contributed by atoms with Crippen LogP contribution in [0.2, 0.25) is 0 Å². The Bertz CT molecular complexity index is 1350. The molecule has 0 aromatic heterocycles. The molecule has 3 N–H and O–H groups in total. The van der Waals surface area contributed by atoms with Gasteiger partial charge in [0.05, 0.1) is 25.4 Å². The van der Waals surface area contributed by atoms with E-state index in [1.54, 1.807) is 0 Å². The second-order valence-corrected chi connectivity index (χ2v) is 27.4. The van der Waals surface area contributed by atoms with Crippen LogP contribution in [0.1, 0.15) is 450 Å². The molecule has 0 rings (SSSR count). The maximum atomic E-state index is 12.5. The van der Waals surface area contributed by atoms with Crippen molar-refractivity contribution in [2.45, 2.75) is 463 Å². The highest BCUT2D eigenvalue weighted by Gasteiger charge is 2.20. The Balaban J connectivity index is 3.32. The van der Waals surface area contributed by atoms with E-state index in [1.165, 1.54) is 372 Å². The lowest BCUT2D eigenvalue weighted by Crippen LogP contribution is -2.45. The molecule has 1 amide bonds. The van der Waals surface area contributed by atoms with Crippen molar-refractivity contribution < 1.29 is 24.5 Å². The summed E-state index contributed by atoms with van der Waals surface area (Å²) in [6, 6.07) is -0.538. The van der Waals surface area contributed by atoms with E-state index in [0.29, 0.717) is 25.9 Å². The molecule has 0 aliphatic carbocycles. The van der Waals surface area contributed by atoms with E-state index >= 15 is 0 Å². The Morgan fingerprint density at radius 2 is 0.547 bits per heavy atom. The molecule has 0 fully saturated rings. The molecular formula is C80H155NO5. The number of amides is 1. The zero-order valence-corrected chi connectivity index (χ0v) is 58.6. The summed E-state index contributed by atoms with van der Waals surface area (Å²) in [6.07, 6.45) is 97.0. The Kier molecular flexibility index (Phi) is 74.3. The van der Waals surface area contributed by atoms with Gasteiger partial charge in [-0.05, 0) is 77.0 Å². The van der Waals surface area contributed by atoms with E-state index in [9.17, 15) is 19.8 Å². The molecule has 0 aliphatic rings. The first-order chi connectivity index (χ1) is 42.5. The van der Waals surface area contributed by atoms with Crippen molar-refractivity contribution in [1.29, 1.82) is 0 Å². The minimum Gasteiger partial charge on any atom is -0.466 e. The SMILES string of the molecule is CCCCCCCC/C=C\CCCCCCCC(=O)OCCCCCCCCCCCCCCCCCC/C=C\CCCCCCCCCCCCCCCCCCCC(=O)NC(CO)C(O)CCCCCCCCCCCCCCCCCCC. The molecule has 0 spiro atoms. The number of rotatable bonds is 75. The van der Waals surface area contributed by atoms with Gasteiger partial charge in [0.1, 0.15) is 0 Å². The third-order valence-corrected chi connectivity index (χ3v) is 18.7. The van der Waals surface area contributed by atoms with E-state index in [0.717, 1.165) is 44.9 Å². The molecule has 0 aliphatic heterocycles. The summed E-state index contributed by atoms with van der Waals surface area (Å²) in [7, 11) is 0. The summed E-state index contributed by atoms with van der Waals surface area (Å²) in [6.45, 7) is 4.99. The highest BCUT2D eigenvalue weighted by Crippen LogP contribution is 2.20. The fraction of sp³-hybridized carbons (Fsp3) is 0.925. The van der Waals surface area contributed by atoms with Crippen LogP contribution in [-0.4, -0.2) is 47.4 Å². The van der Waals surface area contributed by atoms with Crippen molar-refractivity contribution in [2.24, 2.45) is 0 Å².